The summed E-state index contributed by atoms with van der Waals surface area (Å²) in [5, 5.41) is 2.39. The van der Waals surface area contributed by atoms with Gasteiger partial charge in [-0.15, -0.1) is 0 Å². The fourth-order valence-electron chi connectivity index (χ4n) is 2.79. The first-order valence-corrected chi connectivity index (χ1v) is 10.0. The van der Waals surface area contributed by atoms with Crippen LogP contribution in [0.3, 0.4) is 0 Å². The maximum atomic E-state index is 14.9. The lowest BCUT2D eigenvalue weighted by Gasteiger charge is -2.13. The summed E-state index contributed by atoms with van der Waals surface area (Å²) in [6, 6.07) is 8.84. The van der Waals surface area contributed by atoms with Gasteiger partial charge >= 0.3 is 0 Å². The van der Waals surface area contributed by atoms with Crippen molar-refractivity contribution in [3.8, 4) is 0 Å². The number of nitrogens with one attached hydrogen (secondary N) is 2. The smallest absolute Gasteiger partial charge is 0.295 e. The summed E-state index contributed by atoms with van der Waals surface area (Å²) < 4.78 is 61.8. The van der Waals surface area contributed by atoms with E-state index >= 15 is 0 Å². The largest absolute Gasteiger partial charge is 0.451 e. The fourth-order valence-corrected chi connectivity index (χ4v) is 3.78. The van der Waals surface area contributed by atoms with Crippen molar-refractivity contribution in [1.82, 2.24) is 9.55 Å². The van der Waals surface area contributed by atoms with Gasteiger partial charge in [-0.2, -0.15) is 8.42 Å². The van der Waals surface area contributed by atoms with E-state index in [1.54, 1.807) is 0 Å². The minimum atomic E-state index is -4.19. The van der Waals surface area contributed by atoms with E-state index in [4.69, 9.17) is 4.42 Å². The Balaban J connectivity index is 1.72. The zero-order valence-electron chi connectivity index (χ0n) is 15.4. The van der Waals surface area contributed by atoms with Crippen molar-refractivity contribution in [2.75, 3.05) is 10.0 Å². The van der Waals surface area contributed by atoms with Crippen LogP contribution >= 0.6 is 0 Å². The van der Waals surface area contributed by atoms with E-state index in [1.165, 1.54) is 48.3 Å². The number of hydrogen-bond donors (Lipinski definition) is 2. The van der Waals surface area contributed by atoms with Crippen molar-refractivity contribution in [3.63, 3.8) is 0 Å². The molecule has 2 heterocycles. The standard InChI is InChI=1S/C19H14F2N4O4S/c1-25-10-22-14-6-4-11(9-12(14)19(25)26)23-18-13(20)5-7-15(17(18)21)24-30(27,28)16-3-2-8-29-16/h2-10,23-24H,1H3. The van der Waals surface area contributed by atoms with E-state index in [0.29, 0.717) is 5.52 Å². The van der Waals surface area contributed by atoms with Gasteiger partial charge in [-0.05, 0) is 42.5 Å². The summed E-state index contributed by atoms with van der Waals surface area (Å²) in [6.07, 6.45) is 2.52. The number of fused-ring (bicyclic) bond motifs is 1. The quantitative estimate of drug-likeness (QED) is 0.501. The first kappa shape index (κ1) is 19.6. The molecule has 0 amide bonds. The highest BCUT2D eigenvalue weighted by Crippen LogP contribution is 2.30. The third-order valence-corrected chi connectivity index (χ3v) is 5.53. The van der Waals surface area contributed by atoms with Crippen molar-refractivity contribution < 1.29 is 21.6 Å². The highest BCUT2D eigenvalue weighted by atomic mass is 32.2. The third-order valence-electron chi connectivity index (χ3n) is 4.28. The van der Waals surface area contributed by atoms with Gasteiger partial charge in [-0.3, -0.25) is 9.52 Å². The molecular weight excluding hydrogens is 418 g/mol. The summed E-state index contributed by atoms with van der Waals surface area (Å²) in [7, 11) is -2.66. The molecule has 0 aliphatic heterocycles. The second-order valence-electron chi connectivity index (χ2n) is 6.34. The molecule has 0 saturated carbocycles. The van der Waals surface area contributed by atoms with Crippen LogP contribution in [-0.4, -0.2) is 18.0 Å². The summed E-state index contributed by atoms with van der Waals surface area (Å²) >= 11 is 0. The minimum Gasteiger partial charge on any atom is -0.451 e. The predicted octanol–water partition coefficient (Wildman–Crippen LogP) is 3.35. The number of aryl methyl sites for hydroxylation is 1. The first-order chi connectivity index (χ1) is 14.3. The summed E-state index contributed by atoms with van der Waals surface area (Å²) in [4.78, 5) is 16.4. The maximum absolute atomic E-state index is 14.9. The average Bonchev–Trinajstić information content (AvgIpc) is 3.26. The second kappa shape index (κ2) is 7.26. The van der Waals surface area contributed by atoms with E-state index in [2.05, 4.69) is 10.3 Å². The minimum absolute atomic E-state index is 0.219. The third kappa shape index (κ3) is 3.50. The number of benzene rings is 2. The topological polar surface area (TPSA) is 106 Å². The Morgan fingerprint density at radius 3 is 2.67 bits per heavy atom. The van der Waals surface area contributed by atoms with Gasteiger partial charge in [-0.25, -0.2) is 13.8 Å². The van der Waals surface area contributed by atoms with Gasteiger partial charge in [-0.1, -0.05) is 0 Å². The number of sulfonamides is 1. The zero-order chi connectivity index (χ0) is 21.5. The van der Waals surface area contributed by atoms with Crippen molar-refractivity contribution >= 4 is 38.0 Å². The molecule has 2 N–H and O–H groups in total. The van der Waals surface area contributed by atoms with E-state index in [-0.39, 0.29) is 16.6 Å². The van der Waals surface area contributed by atoms with Gasteiger partial charge in [0.2, 0.25) is 5.09 Å². The number of rotatable bonds is 5. The van der Waals surface area contributed by atoms with Crippen LogP contribution in [0.4, 0.5) is 25.8 Å². The second-order valence-corrected chi connectivity index (χ2v) is 7.95. The van der Waals surface area contributed by atoms with Crippen LogP contribution in [0.2, 0.25) is 0 Å². The SMILES string of the molecule is Cn1cnc2ccc(Nc3c(F)ccc(NS(=O)(=O)c4ccco4)c3F)cc2c1=O. The maximum Gasteiger partial charge on any atom is 0.295 e. The summed E-state index contributed by atoms with van der Waals surface area (Å²) in [5.74, 6) is -2.11. The number of anilines is 3. The fraction of sp³-hybridized carbons (Fsp3) is 0.0526. The first-order valence-electron chi connectivity index (χ1n) is 8.53. The molecule has 154 valence electrons. The van der Waals surface area contributed by atoms with E-state index in [9.17, 15) is 22.0 Å². The van der Waals surface area contributed by atoms with Gasteiger partial charge in [0.05, 0.1) is 29.2 Å². The highest BCUT2D eigenvalue weighted by molar-refractivity contribution is 7.92. The molecule has 8 nitrogen and oxygen atoms in total. The molecule has 0 radical (unpaired) electrons. The van der Waals surface area contributed by atoms with Gasteiger partial charge in [0, 0.05) is 12.7 Å². The van der Waals surface area contributed by atoms with Crippen molar-refractivity contribution in [2.45, 2.75) is 5.09 Å². The Morgan fingerprint density at radius 1 is 1.13 bits per heavy atom. The molecule has 2 aromatic carbocycles. The predicted molar refractivity (Wildman–Crippen MR) is 106 cm³/mol. The highest BCUT2D eigenvalue weighted by Gasteiger charge is 2.22. The molecule has 0 saturated heterocycles. The molecule has 2 aromatic heterocycles. The van der Waals surface area contributed by atoms with Crippen LogP contribution in [0.25, 0.3) is 10.9 Å². The molecule has 0 bridgehead atoms. The molecule has 0 fully saturated rings. The summed E-state index contributed by atoms with van der Waals surface area (Å²) in [6.45, 7) is 0. The van der Waals surface area contributed by atoms with Crippen LogP contribution in [0.5, 0.6) is 0 Å². The Morgan fingerprint density at radius 2 is 1.93 bits per heavy atom. The van der Waals surface area contributed by atoms with Crippen LogP contribution < -0.4 is 15.6 Å². The van der Waals surface area contributed by atoms with Crippen LogP contribution in [0.1, 0.15) is 0 Å². The monoisotopic (exact) mass is 432 g/mol. The molecule has 4 aromatic rings. The average molecular weight is 432 g/mol. The molecule has 30 heavy (non-hydrogen) atoms. The number of halogens is 2. The molecule has 0 aliphatic carbocycles. The van der Waals surface area contributed by atoms with Crippen LogP contribution in [0, 0.1) is 11.6 Å². The number of hydrogen-bond acceptors (Lipinski definition) is 6. The molecule has 0 unspecified atom stereocenters. The summed E-state index contributed by atoms with van der Waals surface area (Å²) in [5.41, 5.74) is -0.756. The van der Waals surface area contributed by atoms with Crippen molar-refractivity contribution in [1.29, 1.82) is 0 Å². The Labute approximate surface area is 168 Å². The van der Waals surface area contributed by atoms with Gasteiger partial charge in [0.25, 0.3) is 15.6 Å². The van der Waals surface area contributed by atoms with E-state index < -0.39 is 38.1 Å². The Hall–Kier alpha value is -3.73. The lowest BCUT2D eigenvalue weighted by Crippen LogP contribution is -2.17. The molecule has 0 spiro atoms. The van der Waals surface area contributed by atoms with Crippen LogP contribution in [-0.2, 0) is 17.1 Å². The Bertz CT molecular complexity index is 1420. The lowest BCUT2D eigenvalue weighted by molar-refractivity contribution is 0.451. The number of furan rings is 1. The molecule has 4 rings (SSSR count). The van der Waals surface area contributed by atoms with E-state index in [0.717, 1.165) is 18.4 Å². The number of nitrogens with zero attached hydrogens (tertiary/aromatic N) is 2. The number of aromatic nitrogens is 2. The van der Waals surface area contributed by atoms with Crippen molar-refractivity contribution in [2.24, 2.45) is 7.05 Å². The van der Waals surface area contributed by atoms with Gasteiger partial charge in [0.15, 0.2) is 5.82 Å². The molecule has 11 heteroatoms. The molecule has 0 atom stereocenters. The van der Waals surface area contributed by atoms with Crippen LogP contribution in [0.15, 0.2) is 69.4 Å². The lowest BCUT2D eigenvalue weighted by atomic mass is 10.2. The van der Waals surface area contributed by atoms with Crippen molar-refractivity contribution in [3.05, 3.63) is 77.0 Å². The molecule has 0 aliphatic rings. The zero-order valence-corrected chi connectivity index (χ0v) is 16.2. The Kier molecular flexibility index (Phi) is 4.74. The normalized spacial score (nSPS) is 11.6. The van der Waals surface area contributed by atoms with Gasteiger partial charge in [0.1, 0.15) is 11.5 Å². The molecular formula is C19H14F2N4O4S. The van der Waals surface area contributed by atoms with Gasteiger partial charge < -0.3 is 14.3 Å². The van der Waals surface area contributed by atoms with E-state index in [1.807, 2.05) is 4.72 Å².